The number of ether oxygens (including phenoxy) is 2. The van der Waals surface area contributed by atoms with Crippen LogP contribution in [0.3, 0.4) is 0 Å². The molecule has 4 heteroatoms. The molecule has 2 N–H and O–H groups in total. The maximum atomic E-state index is 5.89. The molecule has 0 bridgehead atoms. The molecule has 1 aliphatic carbocycles. The van der Waals surface area contributed by atoms with Crippen molar-refractivity contribution in [2.45, 2.75) is 23.2 Å². The van der Waals surface area contributed by atoms with Gasteiger partial charge in [-0.2, -0.15) is 0 Å². The third-order valence-electron chi connectivity index (χ3n) is 3.51. The van der Waals surface area contributed by atoms with Crippen molar-refractivity contribution in [2.75, 3.05) is 19.6 Å². The summed E-state index contributed by atoms with van der Waals surface area (Å²) in [7, 11) is 0. The molecule has 1 aromatic rings. The van der Waals surface area contributed by atoms with Crippen molar-refractivity contribution >= 4 is 11.8 Å². The molecular formula is C12H15NO2S. The molecule has 1 fully saturated rings. The Kier molecular flexibility index (Phi) is 2.30. The normalized spacial score (nSPS) is 19.9. The van der Waals surface area contributed by atoms with Gasteiger partial charge in [0.1, 0.15) is 0 Å². The van der Waals surface area contributed by atoms with Gasteiger partial charge in [-0.25, -0.2) is 0 Å². The number of rotatable bonds is 3. The highest BCUT2D eigenvalue weighted by atomic mass is 32.2. The highest BCUT2D eigenvalue weighted by Gasteiger charge is 2.45. The zero-order valence-electron chi connectivity index (χ0n) is 9.29. The predicted molar refractivity (Wildman–Crippen MR) is 64.3 cm³/mol. The summed E-state index contributed by atoms with van der Waals surface area (Å²) in [4.78, 5) is 1.21. The molecule has 0 aromatic heterocycles. The molecular weight excluding hydrogens is 222 g/mol. The van der Waals surface area contributed by atoms with Gasteiger partial charge in [-0.05, 0) is 30.7 Å². The fourth-order valence-corrected chi connectivity index (χ4v) is 3.15. The second-order valence-corrected chi connectivity index (χ2v) is 5.18. The zero-order chi connectivity index (χ0) is 11.2. The van der Waals surface area contributed by atoms with Crippen LogP contribution in [0.5, 0.6) is 11.5 Å². The fourth-order valence-electron chi connectivity index (χ4n) is 2.30. The van der Waals surface area contributed by atoms with Gasteiger partial charge in [0.05, 0.1) is 4.90 Å². The SMILES string of the molecule is CSc1c(C2(CN)CC2)ccc2c1OCO2. The number of hydrogen-bond acceptors (Lipinski definition) is 4. The third-order valence-corrected chi connectivity index (χ3v) is 4.33. The molecule has 0 amide bonds. The van der Waals surface area contributed by atoms with Crippen molar-refractivity contribution < 1.29 is 9.47 Å². The summed E-state index contributed by atoms with van der Waals surface area (Å²) in [6, 6.07) is 4.16. The van der Waals surface area contributed by atoms with E-state index in [1.807, 2.05) is 6.07 Å². The number of fused-ring (bicyclic) bond motifs is 1. The first kappa shape index (κ1) is 10.3. The Morgan fingerprint density at radius 1 is 1.38 bits per heavy atom. The molecule has 1 aliphatic heterocycles. The van der Waals surface area contributed by atoms with Gasteiger partial charge in [-0.15, -0.1) is 11.8 Å². The Morgan fingerprint density at radius 2 is 2.19 bits per heavy atom. The van der Waals surface area contributed by atoms with Crippen molar-refractivity contribution in [3.8, 4) is 11.5 Å². The summed E-state index contributed by atoms with van der Waals surface area (Å²) in [6.07, 6.45) is 4.46. The molecule has 0 spiro atoms. The van der Waals surface area contributed by atoms with Crippen LogP contribution in [0, 0.1) is 0 Å². The summed E-state index contributed by atoms with van der Waals surface area (Å²) in [5.74, 6) is 1.77. The van der Waals surface area contributed by atoms with E-state index in [1.165, 1.54) is 23.3 Å². The van der Waals surface area contributed by atoms with E-state index >= 15 is 0 Å². The Hall–Kier alpha value is -0.870. The number of benzene rings is 1. The van der Waals surface area contributed by atoms with E-state index < -0.39 is 0 Å². The van der Waals surface area contributed by atoms with Gasteiger partial charge in [0.2, 0.25) is 6.79 Å². The molecule has 0 atom stereocenters. The molecule has 3 nitrogen and oxygen atoms in total. The standard InChI is InChI=1S/C12H15NO2S/c1-16-11-8(12(6-13)4-5-12)2-3-9-10(11)15-7-14-9/h2-3H,4-7,13H2,1H3. The lowest BCUT2D eigenvalue weighted by molar-refractivity contribution is 0.172. The smallest absolute Gasteiger partial charge is 0.231 e. The number of nitrogens with two attached hydrogens (primary N) is 1. The van der Waals surface area contributed by atoms with Crippen molar-refractivity contribution in [1.29, 1.82) is 0 Å². The summed E-state index contributed by atoms with van der Waals surface area (Å²) >= 11 is 1.72. The van der Waals surface area contributed by atoms with Crippen LogP contribution in [0.15, 0.2) is 17.0 Å². The molecule has 1 aromatic carbocycles. The molecule has 16 heavy (non-hydrogen) atoms. The lowest BCUT2D eigenvalue weighted by atomic mass is 9.95. The minimum atomic E-state index is 0.208. The second kappa shape index (κ2) is 3.57. The first-order valence-electron chi connectivity index (χ1n) is 5.48. The van der Waals surface area contributed by atoms with Gasteiger partial charge >= 0.3 is 0 Å². The van der Waals surface area contributed by atoms with E-state index in [-0.39, 0.29) is 5.41 Å². The highest BCUT2D eigenvalue weighted by Crippen LogP contribution is 2.54. The van der Waals surface area contributed by atoms with Crippen molar-refractivity contribution in [1.82, 2.24) is 0 Å². The Balaban J connectivity index is 2.12. The van der Waals surface area contributed by atoms with Crippen molar-refractivity contribution in [3.63, 3.8) is 0 Å². The summed E-state index contributed by atoms with van der Waals surface area (Å²) in [6.45, 7) is 1.06. The van der Waals surface area contributed by atoms with Crippen LogP contribution in [0.25, 0.3) is 0 Å². The maximum absolute atomic E-state index is 5.89. The van der Waals surface area contributed by atoms with Gasteiger partial charge in [0, 0.05) is 12.0 Å². The summed E-state index contributed by atoms with van der Waals surface area (Å²) in [5, 5.41) is 0. The highest BCUT2D eigenvalue weighted by molar-refractivity contribution is 7.98. The molecule has 3 rings (SSSR count). The van der Waals surface area contributed by atoms with E-state index in [4.69, 9.17) is 15.2 Å². The average molecular weight is 237 g/mol. The fraction of sp³-hybridized carbons (Fsp3) is 0.500. The Bertz CT molecular complexity index is 429. The van der Waals surface area contributed by atoms with Gasteiger partial charge in [-0.1, -0.05) is 6.07 Å². The minimum Gasteiger partial charge on any atom is -0.454 e. The summed E-state index contributed by atoms with van der Waals surface area (Å²) in [5.41, 5.74) is 7.44. The van der Waals surface area contributed by atoms with Crippen LogP contribution in [-0.4, -0.2) is 19.6 Å². The van der Waals surface area contributed by atoms with Gasteiger partial charge in [-0.3, -0.25) is 0 Å². The quantitative estimate of drug-likeness (QED) is 0.818. The molecule has 2 aliphatic rings. The third kappa shape index (κ3) is 1.33. The molecule has 1 heterocycles. The first-order valence-corrected chi connectivity index (χ1v) is 6.70. The van der Waals surface area contributed by atoms with Crippen LogP contribution < -0.4 is 15.2 Å². The molecule has 1 saturated carbocycles. The monoisotopic (exact) mass is 237 g/mol. The average Bonchev–Trinajstić information content (AvgIpc) is 2.98. The zero-order valence-corrected chi connectivity index (χ0v) is 10.1. The lowest BCUT2D eigenvalue weighted by Gasteiger charge is -2.17. The van der Waals surface area contributed by atoms with Crippen LogP contribution in [0.2, 0.25) is 0 Å². The van der Waals surface area contributed by atoms with Crippen LogP contribution >= 0.6 is 11.8 Å². The van der Waals surface area contributed by atoms with Gasteiger partial charge in [0.25, 0.3) is 0 Å². The topological polar surface area (TPSA) is 44.5 Å². The Labute approximate surface area is 99.3 Å². The first-order chi connectivity index (χ1) is 7.80. The predicted octanol–water partition coefficient (Wildman–Crippen LogP) is 2.13. The van der Waals surface area contributed by atoms with Crippen LogP contribution in [0.4, 0.5) is 0 Å². The largest absolute Gasteiger partial charge is 0.454 e. The lowest BCUT2D eigenvalue weighted by Crippen LogP contribution is -2.20. The minimum absolute atomic E-state index is 0.208. The van der Waals surface area contributed by atoms with Gasteiger partial charge in [0.15, 0.2) is 11.5 Å². The maximum Gasteiger partial charge on any atom is 0.231 e. The van der Waals surface area contributed by atoms with Crippen molar-refractivity contribution in [2.24, 2.45) is 5.73 Å². The second-order valence-electron chi connectivity index (χ2n) is 4.36. The van der Waals surface area contributed by atoms with Gasteiger partial charge < -0.3 is 15.2 Å². The van der Waals surface area contributed by atoms with E-state index in [2.05, 4.69) is 12.3 Å². The molecule has 0 radical (unpaired) electrons. The van der Waals surface area contributed by atoms with E-state index in [9.17, 15) is 0 Å². The molecule has 0 unspecified atom stereocenters. The van der Waals surface area contributed by atoms with E-state index in [0.717, 1.165) is 18.0 Å². The number of hydrogen-bond donors (Lipinski definition) is 1. The van der Waals surface area contributed by atoms with Crippen molar-refractivity contribution in [3.05, 3.63) is 17.7 Å². The van der Waals surface area contributed by atoms with E-state index in [1.54, 1.807) is 11.8 Å². The number of thioether (sulfide) groups is 1. The van der Waals surface area contributed by atoms with Crippen LogP contribution in [0.1, 0.15) is 18.4 Å². The molecule has 86 valence electrons. The summed E-state index contributed by atoms with van der Waals surface area (Å²) < 4.78 is 10.9. The Morgan fingerprint density at radius 3 is 2.81 bits per heavy atom. The van der Waals surface area contributed by atoms with Crippen LogP contribution in [-0.2, 0) is 5.41 Å². The van der Waals surface area contributed by atoms with E-state index in [0.29, 0.717) is 6.79 Å². The molecule has 0 saturated heterocycles.